The summed E-state index contributed by atoms with van der Waals surface area (Å²) < 4.78 is 13.1. The second-order valence-electron chi connectivity index (χ2n) is 6.57. The van der Waals surface area contributed by atoms with Crippen LogP contribution in [-0.2, 0) is 4.79 Å². The van der Waals surface area contributed by atoms with Crippen molar-refractivity contribution in [2.75, 3.05) is 55.3 Å². The van der Waals surface area contributed by atoms with Gasteiger partial charge in [0.25, 0.3) is 0 Å². The minimum absolute atomic E-state index is 0.142. The number of carbonyl (C=O) groups is 1. The maximum atomic E-state index is 13.1. The largest absolute Gasteiger partial charge is 0.385 e. The van der Waals surface area contributed by atoms with Crippen LogP contribution in [0, 0.1) is 5.82 Å². The monoisotopic (exact) mass is 356 g/mol. The summed E-state index contributed by atoms with van der Waals surface area (Å²) in [5, 5.41) is 5.94. The zero-order chi connectivity index (χ0) is 18.4. The van der Waals surface area contributed by atoms with Crippen LogP contribution in [0.4, 0.5) is 21.5 Å². The van der Waals surface area contributed by atoms with E-state index in [9.17, 15) is 9.18 Å². The minimum Gasteiger partial charge on any atom is -0.385 e. The van der Waals surface area contributed by atoms with Crippen LogP contribution >= 0.6 is 0 Å². The molecular formula is C20H25FN4O. The van der Waals surface area contributed by atoms with Crippen molar-refractivity contribution in [3.63, 3.8) is 0 Å². The molecule has 0 aromatic heterocycles. The molecule has 5 nitrogen and oxygen atoms in total. The van der Waals surface area contributed by atoms with Crippen LogP contribution in [0.2, 0.25) is 0 Å². The predicted molar refractivity (Wildman–Crippen MR) is 104 cm³/mol. The van der Waals surface area contributed by atoms with E-state index in [4.69, 9.17) is 0 Å². The number of hydrogen-bond acceptors (Lipinski definition) is 4. The molecule has 0 saturated carbocycles. The predicted octanol–water partition coefficient (Wildman–Crippen LogP) is 3.02. The van der Waals surface area contributed by atoms with Gasteiger partial charge in [-0.15, -0.1) is 0 Å². The highest BCUT2D eigenvalue weighted by atomic mass is 19.1. The summed E-state index contributed by atoms with van der Waals surface area (Å²) in [6.45, 7) is 4.78. The Bertz CT molecular complexity index is 727. The molecule has 1 aliphatic rings. The number of piperazine rings is 1. The Morgan fingerprint density at radius 1 is 1.04 bits per heavy atom. The first-order valence-electron chi connectivity index (χ1n) is 8.93. The lowest BCUT2D eigenvalue weighted by molar-refractivity contribution is -0.115. The highest BCUT2D eigenvalue weighted by Crippen LogP contribution is 2.19. The molecule has 0 aliphatic carbocycles. The summed E-state index contributed by atoms with van der Waals surface area (Å²) in [5.74, 6) is -0.501. The molecule has 0 bridgehead atoms. The zero-order valence-corrected chi connectivity index (χ0v) is 15.0. The van der Waals surface area contributed by atoms with Crippen LogP contribution in [0.25, 0.3) is 0 Å². The molecule has 2 N–H and O–H groups in total. The minimum atomic E-state index is -0.360. The second-order valence-corrected chi connectivity index (χ2v) is 6.57. The van der Waals surface area contributed by atoms with E-state index < -0.39 is 0 Å². The molecule has 6 heteroatoms. The normalized spacial score (nSPS) is 14.9. The summed E-state index contributed by atoms with van der Waals surface area (Å²) in [7, 11) is 2.15. The van der Waals surface area contributed by atoms with Gasteiger partial charge in [0.2, 0.25) is 5.91 Å². The molecule has 0 atom stereocenters. The first-order chi connectivity index (χ1) is 12.6. The maximum absolute atomic E-state index is 13.1. The number of carbonyl (C=O) groups excluding carboxylic acids is 1. The maximum Gasteiger partial charge on any atom is 0.226 e. The average Bonchev–Trinajstić information content (AvgIpc) is 2.63. The Hall–Kier alpha value is -2.60. The number of rotatable bonds is 6. The Balaban J connectivity index is 1.42. The van der Waals surface area contributed by atoms with Crippen molar-refractivity contribution in [2.24, 2.45) is 0 Å². The van der Waals surface area contributed by atoms with E-state index in [1.54, 1.807) is 12.1 Å². The molecule has 2 aromatic rings. The molecule has 0 spiro atoms. The van der Waals surface area contributed by atoms with Gasteiger partial charge in [0.15, 0.2) is 0 Å². The Labute approximate surface area is 153 Å². The van der Waals surface area contributed by atoms with E-state index in [0.717, 1.165) is 31.9 Å². The molecule has 0 unspecified atom stereocenters. The molecule has 138 valence electrons. The summed E-state index contributed by atoms with van der Waals surface area (Å²) in [5.41, 5.74) is 2.69. The highest BCUT2D eigenvalue weighted by molar-refractivity contribution is 5.90. The van der Waals surface area contributed by atoms with E-state index in [1.807, 2.05) is 12.1 Å². The summed E-state index contributed by atoms with van der Waals surface area (Å²) >= 11 is 0. The van der Waals surface area contributed by atoms with Gasteiger partial charge in [-0.3, -0.25) is 4.79 Å². The lowest BCUT2D eigenvalue weighted by Gasteiger charge is -2.34. The van der Waals surface area contributed by atoms with Crippen LogP contribution in [0.15, 0.2) is 48.5 Å². The lowest BCUT2D eigenvalue weighted by Crippen LogP contribution is -2.44. The SMILES string of the molecule is CN1CCN(c2ccc(NCCC(=O)Nc3cccc(F)c3)cc2)CC1. The number of hydrogen-bond donors (Lipinski definition) is 2. The van der Waals surface area contributed by atoms with Crippen LogP contribution < -0.4 is 15.5 Å². The average molecular weight is 356 g/mol. The Kier molecular flexibility index (Phi) is 6.07. The molecule has 0 radical (unpaired) electrons. The van der Waals surface area contributed by atoms with Gasteiger partial charge in [-0.1, -0.05) is 6.07 Å². The summed E-state index contributed by atoms with van der Waals surface area (Å²) in [6.07, 6.45) is 0.316. The summed E-state index contributed by atoms with van der Waals surface area (Å²) in [4.78, 5) is 16.6. The first kappa shape index (κ1) is 18.2. The van der Waals surface area contributed by atoms with Crippen LogP contribution in [0.3, 0.4) is 0 Å². The van der Waals surface area contributed by atoms with Gasteiger partial charge < -0.3 is 20.4 Å². The van der Waals surface area contributed by atoms with E-state index >= 15 is 0 Å². The van der Waals surface area contributed by atoms with E-state index in [1.165, 1.54) is 17.8 Å². The summed E-state index contributed by atoms with van der Waals surface area (Å²) in [6, 6.07) is 14.2. The van der Waals surface area contributed by atoms with Crippen molar-refractivity contribution in [3.8, 4) is 0 Å². The number of halogens is 1. The zero-order valence-electron chi connectivity index (χ0n) is 15.0. The van der Waals surface area contributed by atoms with Gasteiger partial charge in [0.1, 0.15) is 5.82 Å². The molecule has 1 amide bonds. The van der Waals surface area contributed by atoms with Crippen molar-refractivity contribution >= 4 is 23.0 Å². The molecule has 2 aromatic carbocycles. The number of nitrogens with one attached hydrogen (secondary N) is 2. The fourth-order valence-electron chi connectivity index (χ4n) is 2.96. The van der Waals surface area contributed by atoms with E-state index in [0.29, 0.717) is 18.7 Å². The first-order valence-corrected chi connectivity index (χ1v) is 8.93. The number of nitrogens with zero attached hydrogens (tertiary/aromatic N) is 2. The Morgan fingerprint density at radius 3 is 2.46 bits per heavy atom. The van der Waals surface area contributed by atoms with Crippen molar-refractivity contribution in [1.82, 2.24) is 4.90 Å². The smallest absolute Gasteiger partial charge is 0.226 e. The fraction of sp³-hybridized carbons (Fsp3) is 0.350. The van der Waals surface area contributed by atoms with Gasteiger partial charge in [0, 0.05) is 56.2 Å². The van der Waals surface area contributed by atoms with Gasteiger partial charge >= 0.3 is 0 Å². The van der Waals surface area contributed by atoms with Crippen LogP contribution in [0.5, 0.6) is 0 Å². The topological polar surface area (TPSA) is 47.6 Å². The quantitative estimate of drug-likeness (QED) is 0.835. The van der Waals surface area contributed by atoms with Crippen molar-refractivity contribution in [2.45, 2.75) is 6.42 Å². The van der Waals surface area contributed by atoms with Crippen LogP contribution in [-0.4, -0.2) is 50.6 Å². The highest BCUT2D eigenvalue weighted by Gasteiger charge is 2.13. The molecule has 1 aliphatic heterocycles. The van der Waals surface area contributed by atoms with Crippen LogP contribution in [0.1, 0.15) is 6.42 Å². The van der Waals surface area contributed by atoms with E-state index in [2.05, 4.69) is 39.6 Å². The van der Waals surface area contributed by atoms with Crippen molar-refractivity contribution < 1.29 is 9.18 Å². The standard InChI is InChI=1S/C20H25FN4O/c1-24-11-13-25(14-12-24)19-7-5-17(6-8-19)22-10-9-20(26)23-18-4-2-3-16(21)15-18/h2-8,15,22H,9-14H2,1H3,(H,23,26). The lowest BCUT2D eigenvalue weighted by atomic mass is 10.2. The molecule has 1 heterocycles. The van der Waals surface area contributed by atoms with Crippen molar-refractivity contribution in [1.29, 1.82) is 0 Å². The molecular weight excluding hydrogens is 331 g/mol. The molecule has 26 heavy (non-hydrogen) atoms. The van der Waals surface area contributed by atoms with Gasteiger partial charge in [-0.2, -0.15) is 0 Å². The van der Waals surface area contributed by atoms with Gasteiger partial charge in [-0.05, 0) is 49.5 Å². The third kappa shape index (κ3) is 5.20. The number of likely N-dealkylation sites (N-methyl/N-ethyl adjacent to an activating group) is 1. The third-order valence-electron chi connectivity index (χ3n) is 4.53. The number of anilines is 3. The number of amides is 1. The molecule has 1 saturated heterocycles. The Morgan fingerprint density at radius 2 is 1.77 bits per heavy atom. The third-order valence-corrected chi connectivity index (χ3v) is 4.53. The molecule has 1 fully saturated rings. The van der Waals surface area contributed by atoms with E-state index in [-0.39, 0.29) is 11.7 Å². The molecule has 3 rings (SSSR count). The van der Waals surface area contributed by atoms with Gasteiger partial charge in [-0.25, -0.2) is 4.39 Å². The van der Waals surface area contributed by atoms with Gasteiger partial charge in [0.05, 0.1) is 0 Å². The fourth-order valence-corrected chi connectivity index (χ4v) is 2.96. The number of benzene rings is 2. The van der Waals surface area contributed by atoms with Crippen molar-refractivity contribution in [3.05, 3.63) is 54.3 Å². The second kappa shape index (κ2) is 8.67.